The second-order valence-electron chi connectivity index (χ2n) is 7.03. The number of aromatic nitrogens is 3. The predicted molar refractivity (Wildman–Crippen MR) is 132 cm³/mol. The minimum atomic E-state index is -0.344. The number of benzene rings is 2. The first-order valence-corrected chi connectivity index (χ1v) is 12.4. The fourth-order valence-electron chi connectivity index (χ4n) is 3.03. The minimum Gasteiger partial charge on any atom is -0.486 e. The molecular weight excluding hydrogens is 472 g/mol. The average Bonchev–Trinajstić information content (AvgIpc) is 3.28. The maximum atomic E-state index is 12.5. The SMILES string of the molecule is CCOC(=O)Cc1csc(NC(=O)CSc2nc(COc3ccccc3)nc3ccccc23)n1. The number of para-hydroxylation sites is 2. The van der Waals surface area contributed by atoms with Crippen LogP contribution in [0.2, 0.25) is 0 Å². The normalized spacial score (nSPS) is 10.7. The van der Waals surface area contributed by atoms with Crippen molar-refractivity contribution < 1.29 is 19.1 Å². The number of thiazole rings is 1. The van der Waals surface area contributed by atoms with Gasteiger partial charge in [-0.25, -0.2) is 15.0 Å². The number of fused-ring (bicyclic) bond motifs is 1. The van der Waals surface area contributed by atoms with E-state index < -0.39 is 0 Å². The van der Waals surface area contributed by atoms with E-state index in [-0.39, 0.29) is 30.7 Å². The molecule has 0 atom stereocenters. The molecule has 4 aromatic rings. The molecule has 2 aromatic carbocycles. The van der Waals surface area contributed by atoms with Crippen LogP contribution >= 0.6 is 23.1 Å². The molecular formula is C24H22N4O4S2. The van der Waals surface area contributed by atoms with Crippen molar-refractivity contribution in [3.63, 3.8) is 0 Å². The molecule has 8 nitrogen and oxygen atoms in total. The third-order valence-electron chi connectivity index (χ3n) is 4.49. The number of nitrogens with zero attached hydrogens (tertiary/aromatic N) is 3. The van der Waals surface area contributed by atoms with Gasteiger partial charge in [-0.1, -0.05) is 48.2 Å². The molecule has 0 unspecified atom stereocenters. The highest BCUT2D eigenvalue weighted by Crippen LogP contribution is 2.26. The molecule has 0 saturated heterocycles. The summed E-state index contributed by atoms with van der Waals surface area (Å²) >= 11 is 2.59. The molecule has 34 heavy (non-hydrogen) atoms. The molecule has 0 fully saturated rings. The van der Waals surface area contributed by atoms with Gasteiger partial charge in [0.1, 0.15) is 17.4 Å². The van der Waals surface area contributed by atoms with Crippen molar-refractivity contribution in [2.45, 2.75) is 25.0 Å². The maximum Gasteiger partial charge on any atom is 0.311 e. The quantitative estimate of drug-likeness (QED) is 0.195. The topological polar surface area (TPSA) is 103 Å². The van der Waals surface area contributed by atoms with Crippen LogP contribution in [0.1, 0.15) is 18.4 Å². The lowest BCUT2D eigenvalue weighted by molar-refractivity contribution is -0.142. The van der Waals surface area contributed by atoms with Crippen molar-refractivity contribution in [1.29, 1.82) is 0 Å². The zero-order valence-corrected chi connectivity index (χ0v) is 20.0. The van der Waals surface area contributed by atoms with Crippen LogP contribution in [0.3, 0.4) is 0 Å². The maximum absolute atomic E-state index is 12.5. The summed E-state index contributed by atoms with van der Waals surface area (Å²) in [4.78, 5) is 37.6. The predicted octanol–water partition coefficient (Wildman–Crippen LogP) is 4.50. The molecule has 0 aliphatic carbocycles. The summed E-state index contributed by atoms with van der Waals surface area (Å²) in [5.41, 5.74) is 1.35. The summed E-state index contributed by atoms with van der Waals surface area (Å²) in [6.45, 7) is 2.29. The number of anilines is 1. The van der Waals surface area contributed by atoms with E-state index in [9.17, 15) is 9.59 Å². The second kappa shape index (κ2) is 11.6. The fourth-order valence-corrected chi connectivity index (χ4v) is 4.59. The molecule has 0 spiro atoms. The first kappa shape index (κ1) is 23.7. The summed E-state index contributed by atoms with van der Waals surface area (Å²) < 4.78 is 10.7. The molecule has 174 valence electrons. The summed E-state index contributed by atoms with van der Waals surface area (Å²) in [5.74, 6) is 0.857. The Kier molecular flexibility index (Phi) is 8.05. The van der Waals surface area contributed by atoms with Crippen LogP contribution in [0.25, 0.3) is 10.9 Å². The fraction of sp³-hybridized carbons (Fsp3) is 0.208. The van der Waals surface area contributed by atoms with Crippen LogP contribution in [0.4, 0.5) is 5.13 Å². The van der Waals surface area contributed by atoms with Crippen molar-refractivity contribution >= 4 is 51.0 Å². The zero-order valence-electron chi connectivity index (χ0n) is 18.4. The monoisotopic (exact) mass is 494 g/mol. The molecule has 0 aliphatic rings. The third kappa shape index (κ3) is 6.52. The van der Waals surface area contributed by atoms with Crippen molar-refractivity contribution in [2.75, 3.05) is 17.7 Å². The Morgan fingerprint density at radius 1 is 1.03 bits per heavy atom. The molecule has 1 N–H and O–H groups in total. The number of amides is 1. The second-order valence-corrected chi connectivity index (χ2v) is 8.85. The van der Waals surface area contributed by atoms with Crippen LogP contribution in [-0.4, -0.2) is 39.2 Å². The lowest BCUT2D eigenvalue weighted by Gasteiger charge is -2.09. The average molecular weight is 495 g/mol. The van der Waals surface area contributed by atoms with Gasteiger partial charge in [-0.05, 0) is 25.1 Å². The minimum absolute atomic E-state index is 0.0791. The van der Waals surface area contributed by atoms with Gasteiger partial charge in [0.25, 0.3) is 0 Å². The first-order chi connectivity index (χ1) is 16.6. The van der Waals surface area contributed by atoms with Gasteiger partial charge in [-0.3, -0.25) is 9.59 Å². The highest BCUT2D eigenvalue weighted by Gasteiger charge is 2.13. The smallest absolute Gasteiger partial charge is 0.311 e. The van der Waals surface area contributed by atoms with Gasteiger partial charge < -0.3 is 14.8 Å². The van der Waals surface area contributed by atoms with Crippen molar-refractivity contribution in [2.24, 2.45) is 0 Å². The number of carbonyl (C=O) groups excluding carboxylic acids is 2. The third-order valence-corrected chi connectivity index (χ3v) is 6.29. The van der Waals surface area contributed by atoms with E-state index >= 15 is 0 Å². The number of rotatable bonds is 10. The number of hydrogen-bond acceptors (Lipinski definition) is 9. The van der Waals surface area contributed by atoms with E-state index in [4.69, 9.17) is 9.47 Å². The van der Waals surface area contributed by atoms with Gasteiger partial charge in [0.15, 0.2) is 11.0 Å². The molecule has 2 heterocycles. The number of hydrogen-bond donors (Lipinski definition) is 1. The van der Waals surface area contributed by atoms with Crippen LogP contribution < -0.4 is 10.1 Å². The molecule has 0 aliphatic heterocycles. The van der Waals surface area contributed by atoms with Gasteiger partial charge in [0.2, 0.25) is 5.91 Å². The van der Waals surface area contributed by atoms with Crippen molar-refractivity contribution in [3.8, 4) is 5.75 Å². The van der Waals surface area contributed by atoms with E-state index in [1.54, 1.807) is 12.3 Å². The van der Waals surface area contributed by atoms with Gasteiger partial charge in [0.05, 0.1) is 30.0 Å². The van der Waals surface area contributed by atoms with E-state index in [0.29, 0.717) is 28.3 Å². The highest BCUT2D eigenvalue weighted by molar-refractivity contribution is 8.00. The Hall–Kier alpha value is -3.50. The Bertz CT molecular complexity index is 1280. The van der Waals surface area contributed by atoms with Crippen LogP contribution in [-0.2, 0) is 27.4 Å². The standard InChI is InChI=1S/C24H22N4O4S2/c1-2-31-22(30)12-16-14-34-24(25-16)28-21(29)15-33-23-18-10-6-7-11-19(18)26-20(27-23)13-32-17-8-4-3-5-9-17/h3-11,14H,2,12-13,15H2,1H3,(H,25,28,29). The molecule has 0 saturated carbocycles. The molecule has 2 aromatic heterocycles. The van der Waals surface area contributed by atoms with Gasteiger partial charge in [0, 0.05) is 10.8 Å². The molecule has 0 bridgehead atoms. The van der Waals surface area contributed by atoms with Crippen molar-refractivity contribution in [3.05, 3.63) is 71.5 Å². The lowest BCUT2D eigenvalue weighted by atomic mass is 10.2. The van der Waals surface area contributed by atoms with E-state index in [1.165, 1.54) is 23.1 Å². The van der Waals surface area contributed by atoms with E-state index in [0.717, 1.165) is 16.7 Å². The Morgan fingerprint density at radius 2 is 1.82 bits per heavy atom. The van der Waals surface area contributed by atoms with Gasteiger partial charge in [-0.2, -0.15) is 0 Å². The van der Waals surface area contributed by atoms with Gasteiger partial charge in [-0.15, -0.1) is 11.3 Å². The highest BCUT2D eigenvalue weighted by atomic mass is 32.2. The Labute approximate surface area is 204 Å². The number of nitrogens with one attached hydrogen (secondary N) is 1. The van der Waals surface area contributed by atoms with Gasteiger partial charge >= 0.3 is 5.97 Å². The Morgan fingerprint density at radius 3 is 2.65 bits per heavy atom. The van der Waals surface area contributed by atoms with Crippen LogP contribution in [0.5, 0.6) is 5.75 Å². The molecule has 10 heteroatoms. The summed E-state index contributed by atoms with van der Waals surface area (Å²) in [6, 6.07) is 17.1. The lowest BCUT2D eigenvalue weighted by Crippen LogP contribution is -2.14. The largest absolute Gasteiger partial charge is 0.486 e. The number of thioether (sulfide) groups is 1. The number of carbonyl (C=O) groups is 2. The Balaban J connectivity index is 1.39. The summed E-state index contributed by atoms with van der Waals surface area (Å²) in [6.07, 6.45) is 0.0791. The molecule has 0 radical (unpaired) electrons. The number of esters is 1. The number of ether oxygens (including phenoxy) is 2. The summed E-state index contributed by atoms with van der Waals surface area (Å²) in [7, 11) is 0. The molecule has 4 rings (SSSR count). The van der Waals surface area contributed by atoms with E-state index in [1.807, 2.05) is 54.6 Å². The van der Waals surface area contributed by atoms with Crippen LogP contribution in [0, 0.1) is 0 Å². The van der Waals surface area contributed by atoms with Crippen molar-refractivity contribution in [1.82, 2.24) is 15.0 Å². The van der Waals surface area contributed by atoms with Crippen LogP contribution in [0.15, 0.2) is 65.0 Å². The zero-order chi connectivity index (χ0) is 23.8. The summed E-state index contributed by atoms with van der Waals surface area (Å²) in [5, 5.41) is 6.52. The first-order valence-electron chi connectivity index (χ1n) is 10.6. The molecule has 1 amide bonds. The van der Waals surface area contributed by atoms with E-state index in [2.05, 4.69) is 20.3 Å².